The summed E-state index contributed by atoms with van der Waals surface area (Å²) < 4.78 is 0. The first-order valence-corrected chi connectivity index (χ1v) is 8.99. The van der Waals surface area contributed by atoms with E-state index in [9.17, 15) is 0 Å². The zero-order chi connectivity index (χ0) is 17.2. The monoisotopic (exact) mass is 366 g/mol. The molecule has 0 fully saturated rings. The van der Waals surface area contributed by atoms with Crippen LogP contribution >= 0.6 is 23.4 Å². The van der Waals surface area contributed by atoms with E-state index in [4.69, 9.17) is 11.6 Å². The van der Waals surface area contributed by atoms with Gasteiger partial charge < -0.3 is 5.32 Å². The van der Waals surface area contributed by atoms with Crippen molar-refractivity contribution in [2.45, 2.75) is 16.7 Å². The molecule has 0 amide bonds. The van der Waals surface area contributed by atoms with Gasteiger partial charge in [-0.25, -0.2) is 4.98 Å². The molecule has 6 heteroatoms. The summed E-state index contributed by atoms with van der Waals surface area (Å²) in [6.45, 7) is 1.95. The predicted molar refractivity (Wildman–Crippen MR) is 105 cm³/mol. The van der Waals surface area contributed by atoms with Crippen LogP contribution in [0.2, 0.25) is 5.02 Å². The van der Waals surface area contributed by atoms with E-state index in [1.165, 1.54) is 9.79 Å². The molecule has 4 rings (SSSR count). The highest BCUT2D eigenvalue weighted by atomic mass is 35.5. The Morgan fingerprint density at radius 2 is 1.92 bits per heavy atom. The van der Waals surface area contributed by atoms with Crippen LogP contribution in [0.3, 0.4) is 0 Å². The standard InChI is InChI=1S/C19H15ClN4S/c1-12(23-24-19-14(20)5-4-10-21-19)13-8-9-18-16(11-13)22-15-6-2-3-7-17(15)25-18/h2-11,22H,1H3,(H,21,24)/b23-12+. The maximum Gasteiger partial charge on any atom is 0.165 e. The van der Waals surface area contributed by atoms with E-state index in [1.807, 2.05) is 13.0 Å². The first-order valence-electron chi connectivity index (χ1n) is 7.80. The molecule has 0 saturated heterocycles. The third-order valence-electron chi connectivity index (χ3n) is 3.86. The van der Waals surface area contributed by atoms with Crippen LogP contribution in [0.1, 0.15) is 12.5 Å². The maximum atomic E-state index is 6.09. The summed E-state index contributed by atoms with van der Waals surface area (Å²) in [6.07, 6.45) is 1.68. The second-order valence-corrected chi connectivity index (χ2v) is 7.07. The second-order valence-electron chi connectivity index (χ2n) is 5.58. The zero-order valence-corrected chi connectivity index (χ0v) is 15.0. The van der Waals surface area contributed by atoms with Crippen LogP contribution in [0.25, 0.3) is 0 Å². The Labute approximate surface area is 155 Å². The molecule has 2 N–H and O–H groups in total. The van der Waals surface area contributed by atoms with Crippen LogP contribution in [0, 0.1) is 0 Å². The number of benzene rings is 2. The lowest BCUT2D eigenvalue weighted by atomic mass is 10.1. The summed E-state index contributed by atoms with van der Waals surface area (Å²) in [4.78, 5) is 6.61. The molecule has 2 heterocycles. The molecule has 0 aliphatic carbocycles. The van der Waals surface area contributed by atoms with Crippen molar-refractivity contribution < 1.29 is 0 Å². The van der Waals surface area contributed by atoms with Crippen molar-refractivity contribution in [3.05, 3.63) is 71.4 Å². The SMILES string of the molecule is C/C(=N\Nc1ncccc1Cl)c1ccc2c(c1)Nc1ccccc1S2. The Balaban J connectivity index is 1.58. The number of nitrogens with zero attached hydrogens (tertiary/aromatic N) is 2. The largest absolute Gasteiger partial charge is 0.354 e. The summed E-state index contributed by atoms with van der Waals surface area (Å²) in [5.74, 6) is 0.545. The van der Waals surface area contributed by atoms with Crippen molar-refractivity contribution in [1.82, 2.24) is 4.98 Å². The van der Waals surface area contributed by atoms with Crippen LogP contribution in [0.15, 0.2) is 75.7 Å². The van der Waals surface area contributed by atoms with Gasteiger partial charge >= 0.3 is 0 Å². The summed E-state index contributed by atoms with van der Waals surface area (Å²) in [5, 5.41) is 8.43. The Morgan fingerprint density at radius 3 is 2.80 bits per heavy atom. The van der Waals surface area contributed by atoms with Crippen molar-refractivity contribution in [2.24, 2.45) is 5.10 Å². The van der Waals surface area contributed by atoms with E-state index in [2.05, 4.69) is 57.2 Å². The number of rotatable bonds is 3. The number of hydrogen-bond acceptors (Lipinski definition) is 5. The highest BCUT2D eigenvalue weighted by Crippen LogP contribution is 2.44. The molecule has 3 aromatic rings. The lowest BCUT2D eigenvalue weighted by Crippen LogP contribution is -2.04. The Kier molecular flexibility index (Phi) is 4.34. The number of pyridine rings is 1. The fourth-order valence-electron chi connectivity index (χ4n) is 2.53. The molecule has 25 heavy (non-hydrogen) atoms. The number of para-hydroxylation sites is 1. The van der Waals surface area contributed by atoms with Gasteiger partial charge in [0.2, 0.25) is 0 Å². The van der Waals surface area contributed by atoms with Crippen LogP contribution in [-0.2, 0) is 0 Å². The van der Waals surface area contributed by atoms with Gasteiger partial charge in [-0.2, -0.15) is 5.10 Å². The minimum atomic E-state index is 0.541. The molecule has 0 spiro atoms. The fourth-order valence-corrected chi connectivity index (χ4v) is 3.67. The maximum absolute atomic E-state index is 6.09. The number of halogens is 1. The fraction of sp³-hybridized carbons (Fsp3) is 0.0526. The van der Waals surface area contributed by atoms with E-state index in [0.717, 1.165) is 22.6 Å². The van der Waals surface area contributed by atoms with Crippen LogP contribution < -0.4 is 10.7 Å². The first kappa shape index (κ1) is 16.0. The molecule has 0 saturated carbocycles. The smallest absolute Gasteiger partial charge is 0.165 e. The quantitative estimate of drug-likeness (QED) is 0.356. The van der Waals surface area contributed by atoms with Crippen molar-refractivity contribution in [3.8, 4) is 0 Å². The van der Waals surface area contributed by atoms with E-state index in [-0.39, 0.29) is 0 Å². The topological polar surface area (TPSA) is 49.3 Å². The number of anilines is 3. The van der Waals surface area contributed by atoms with Gasteiger partial charge in [-0.15, -0.1) is 0 Å². The third-order valence-corrected chi connectivity index (χ3v) is 5.32. The third kappa shape index (κ3) is 3.34. The molecule has 0 radical (unpaired) electrons. The lowest BCUT2D eigenvalue weighted by molar-refractivity contribution is 1.22. The van der Waals surface area contributed by atoms with Gasteiger partial charge in [-0.05, 0) is 48.9 Å². The van der Waals surface area contributed by atoms with Gasteiger partial charge in [0, 0.05) is 16.0 Å². The van der Waals surface area contributed by atoms with Crippen molar-refractivity contribution in [3.63, 3.8) is 0 Å². The number of hydrogen-bond donors (Lipinski definition) is 2. The minimum Gasteiger partial charge on any atom is -0.354 e. The average Bonchev–Trinajstić information content (AvgIpc) is 2.65. The molecule has 0 bridgehead atoms. The molecule has 4 nitrogen and oxygen atoms in total. The van der Waals surface area contributed by atoms with E-state index >= 15 is 0 Å². The molecule has 0 atom stereocenters. The molecule has 1 aromatic heterocycles. The van der Waals surface area contributed by atoms with E-state index in [0.29, 0.717) is 10.8 Å². The highest BCUT2D eigenvalue weighted by molar-refractivity contribution is 7.99. The normalized spacial score (nSPS) is 12.8. The van der Waals surface area contributed by atoms with Gasteiger partial charge in [0.1, 0.15) is 0 Å². The Hall–Kier alpha value is -2.50. The minimum absolute atomic E-state index is 0.541. The average molecular weight is 367 g/mol. The summed E-state index contributed by atoms with van der Waals surface area (Å²) >= 11 is 7.86. The van der Waals surface area contributed by atoms with Crippen LogP contribution in [-0.4, -0.2) is 10.7 Å². The molecular weight excluding hydrogens is 352 g/mol. The highest BCUT2D eigenvalue weighted by Gasteiger charge is 2.15. The number of fused-ring (bicyclic) bond motifs is 2. The second kappa shape index (κ2) is 6.78. The van der Waals surface area contributed by atoms with Crippen molar-refractivity contribution in [2.75, 3.05) is 10.7 Å². The zero-order valence-electron chi connectivity index (χ0n) is 13.5. The number of hydrazone groups is 1. The molecule has 2 aromatic carbocycles. The summed E-state index contributed by atoms with van der Waals surface area (Å²) in [5.41, 5.74) is 7.04. The Morgan fingerprint density at radius 1 is 1.08 bits per heavy atom. The van der Waals surface area contributed by atoms with E-state index in [1.54, 1.807) is 30.1 Å². The lowest BCUT2D eigenvalue weighted by Gasteiger charge is -2.21. The van der Waals surface area contributed by atoms with Crippen molar-refractivity contribution >= 4 is 46.3 Å². The van der Waals surface area contributed by atoms with Crippen molar-refractivity contribution in [1.29, 1.82) is 0 Å². The van der Waals surface area contributed by atoms with Crippen LogP contribution in [0.5, 0.6) is 0 Å². The Bertz CT molecular complexity index is 971. The molecule has 124 valence electrons. The van der Waals surface area contributed by atoms with Gasteiger partial charge in [-0.3, -0.25) is 5.43 Å². The van der Waals surface area contributed by atoms with Gasteiger partial charge in [-0.1, -0.05) is 41.6 Å². The molecular formula is C19H15ClN4S. The van der Waals surface area contributed by atoms with Gasteiger partial charge in [0.05, 0.1) is 22.1 Å². The summed E-state index contributed by atoms with van der Waals surface area (Å²) in [7, 11) is 0. The first-order chi connectivity index (χ1) is 12.2. The van der Waals surface area contributed by atoms with Crippen LogP contribution in [0.4, 0.5) is 17.2 Å². The summed E-state index contributed by atoms with van der Waals surface area (Å²) in [6, 6.07) is 18.2. The van der Waals surface area contributed by atoms with Gasteiger partial charge in [0.25, 0.3) is 0 Å². The predicted octanol–water partition coefficient (Wildman–Crippen LogP) is 5.78. The number of aromatic nitrogens is 1. The molecule has 1 aliphatic heterocycles. The number of nitrogens with one attached hydrogen (secondary N) is 2. The molecule has 1 aliphatic rings. The van der Waals surface area contributed by atoms with Gasteiger partial charge in [0.15, 0.2) is 5.82 Å². The molecule has 0 unspecified atom stereocenters. The van der Waals surface area contributed by atoms with E-state index < -0.39 is 0 Å².